The Morgan fingerprint density at radius 1 is 0.914 bits per heavy atom. The van der Waals surface area contributed by atoms with Crippen LogP contribution in [0.2, 0.25) is 0 Å². The average Bonchev–Trinajstić information content (AvgIpc) is 2.75. The van der Waals surface area contributed by atoms with Crippen molar-refractivity contribution in [2.45, 2.75) is 63.7 Å². The number of carbonyl (C=O) groups excluding carboxylic acids is 3. The second-order valence-electron chi connectivity index (χ2n) is 8.13. The van der Waals surface area contributed by atoms with Gasteiger partial charge in [0.2, 0.25) is 17.7 Å². The highest BCUT2D eigenvalue weighted by molar-refractivity contribution is 7.98. The summed E-state index contributed by atoms with van der Waals surface area (Å²) in [5.41, 5.74) is 16.4. The second kappa shape index (κ2) is 16.5. The maximum Gasteiger partial charge on any atom is 0.326 e. The number of nitrogens with two attached hydrogens (primary N) is 3. The quantitative estimate of drug-likeness (QED) is 0.0580. The van der Waals surface area contributed by atoms with E-state index in [4.69, 9.17) is 22.3 Å². The van der Waals surface area contributed by atoms with E-state index in [0.717, 1.165) is 0 Å². The molecule has 0 radical (unpaired) electrons. The zero-order valence-electron chi connectivity index (χ0n) is 20.2. The Labute approximate surface area is 208 Å². The number of hydrogen-bond donors (Lipinski definition) is 8. The predicted molar refractivity (Wildman–Crippen MR) is 131 cm³/mol. The van der Waals surface area contributed by atoms with E-state index < -0.39 is 60.2 Å². The van der Waals surface area contributed by atoms with Gasteiger partial charge in [0.15, 0.2) is 5.96 Å². The maximum absolute atomic E-state index is 12.9. The van der Waals surface area contributed by atoms with Gasteiger partial charge in [-0.3, -0.25) is 24.2 Å². The number of rotatable bonds is 17. The number of aliphatic imine (C=N–C) groups is 1. The zero-order chi connectivity index (χ0) is 27.1. The van der Waals surface area contributed by atoms with Crippen molar-refractivity contribution in [2.75, 3.05) is 18.6 Å². The largest absolute Gasteiger partial charge is 0.481 e. The van der Waals surface area contributed by atoms with Crippen molar-refractivity contribution in [3.05, 3.63) is 0 Å². The van der Waals surface area contributed by atoms with Gasteiger partial charge in [0.05, 0.1) is 12.5 Å². The minimum atomic E-state index is -1.66. The number of carbonyl (C=O) groups is 5. The summed E-state index contributed by atoms with van der Waals surface area (Å²) in [5, 5.41) is 25.3. The van der Waals surface area contributed by atoms with Gasteiger partial charge in [-0.2, -0.15) is 11.8 Å². The van der Waals surface area contributed by atoms with Crippen LogP contribution in [0.15, 0.2) is 4.99 Å². The van der Waals surface area contributed by atoms with Gasteiger partial charge in [-0.1, -0.05) is 13.8 Å². The Hall–Kier alpha value is -3.07. The van der Waals surface area contributed by atoms with Crippen molar-refractivity contribution in [2.24, 2.45) is 28.1 Å². The van der Waals surface area contributed by atoms with E-state index >= 15 is 0 Å². The lowest BCUT2D eigenvalue weighted by Gasteiger charge is -2.26. The molecule has 3 amide bonds. The number of nitrogens with zero attached hydrogens (tertiary/aromatic N) is 1. The fraction of sp³-hybridized carbons (Fsp3) is 0.700. The van der Waals surface area contributed by atoms with Crippen LogP contribution in [-0.4, -0.2) is 88.6 Å². The number of guanidine groups is 1. The summed E-state index contributed by atoms with van der Waals surface area (Å²) in [6.45, 7) is 3.68. The van der Waals surface area contributed by atoms with Crippen molar-refractivity contribution in [1.82, 2.24) is 16.0 Å². The first-order valence-electron chi connectivity index (χ1n) is 11.0. The van der Waals surface area contributed by atoms with Crippen molar-refractivity contribution in [3.63, 3.8) is 0 Å². The van der Waals surface area contributed by atoms with E-state index in [9.17, 15) is 29.1 Å². The Morgan fingerprint density at radius 2 is 1.51 bits per heavy atom. The van der Waals surface area contributed by atoms with Gasteiger partial charge in [0.1, 0.15) is 18.1 Å². The number of amides is 3. The van der Waals surface area contributed by atoms with E-state index in [1.54, 1.807) is 20.1 Å². The fourth-order valence-electron chi connectivity index (χ4n) is 2.86. The van der Waals surface area contributed by atoms with Crippen LogP contribution in [0.4, 0.5) is 0 Å². The lowest BCUT2D eigenvalue weighted by molar-refractivity contribution is -0.147. The highest BCUT2D eigenvalue weighted by Gasteiger charge is 2.32. The Kier molecular flexibility index (Phi) is 15.1. The van der Waals surface area contributed by atoms with Gasteiger partial charge >= 0.3 is 11.9 Å². The van der Waals surface area contributed by atoms with Crippen LogP contribution in [0.3, 0.4) is 0 Å². The molecular formula is C20H37N7O7S. The molecule has 0 saturated carbocycles. The Balaban J connectivity index is 5.29. The molecule has 4 unspecified atom stereocenters. The Morgan fingerprint density at radius 3 is 2.00 bits per heavy atom. The molecule has 0 rings (SSSR count). The minimum absolute atomic E-state index is 0.0720. The van der Waals surface area contributed by atoms with Gasteiger partial charge in [-0.15, -0.1) is 0 Å². The van der Waals surface area contributed by atoms with Crippen LogP contribution in [0.1, 0.15) is 39.5 Å². The lowest BCUT2D eigenvalue weighted by Crippen LogP contribution is -2.58. The molecule has 0 aliphatic carbocycles. The summed E-state index contributed by atoms with van der Waals surface area (Å²) in [7, 11) is 0. The summed E-state index contributed by atoms with van der Waals surface area (Å²) in [6.07, 6.45) is 1.83. The lowest BCUT2D eigenvalue weighted by atomic mass is 10.0. The summed E-state index contributed by atoms with van der Waals surface area (Å²) in [6, 6.07) is -4.74. The van der Waals surface area contributed by atoms with Gasteiger partial charge in [-0.25, -0.2) is 4.79 Å². The molecular weight excluding hydrogens is 482 g/mol. The van der Waals surface area contributed by atoms with Gasteiger partial charge in [0, 0.05) is 6.54 Å². The molecule has 15 heteroatoms. The third kappa shape index (κ3) is 13.4. The summed E-state index contributed by atoms with van der Waals surface area (Å²) < 4.78 is 0. The van der Waals surface area contributed by atoms with E-state index in [2.05, 4.69) is 20.9 Å². The van der Waals surface area contributed by atoms with Crippen LogP contribution in [0.25, 0.3) is 0 Å². The zero-order valence-corrected chi connectivity index (χ0v) is 21.0. The SMILES string of the molecule is CSCCC(NC(=O)C(NC(=O)C(N)CCCN=C(N)N)C(C)C)C(=O)NC(CC(=O)O)C(=O)O. The summed E-state index contributed by atoms with van der Waals surface area (Å²) in [5.74, 6) is -4.97. The molecule has 0 aliphatic rings. The monoisotopic (exact) mass is 519 g/mol. The molecule has 0 aliphatic heterocycles. The maximum atomic E-state index is 12.9. The molecule has 0 spiro atoms. The third-order valence-electron chi connectivity index (χ3n) is 4.79. The highest BCUT2D eigenvalue weighted by atomic mass is 32.2. The predicted octanol–water partition coefficient (Wildman–Crippen LogP) is -2.21. The molecule has 11 N–H and O–H groups in total. The molecule has 0 fully saturated rings. The van der Waals surface area contributed by atoms with Crippen LogP contribution < -0.4 is 33.2 Å². The van der Waals surface area contributed by atoms with E-state index in [1.807, 2.05) is 0 Å². The standard InChI is InChI=1S/C20H37N7O7S/c1-10(2)15(27-16(30)11(21)5-4-7-24-20(22)23)18(32)25-12(6-8-35-3)17(31)26-13(19(33)34)9-14(28)29/h10-13,15H,4-9,21H2,1-3H3,(H,25,32)(H,26,31)(H,27,30)(H,28,29)(H,33,34)(H4,22,23,24). The van der Waals surface area contributed by atoms with Gasteiger partial charge in [-0.05, 0) is 37.2 Å². The van der Waals surface area contributed by atoms with Crippen LogP contribution >= 0.6 is 11.8 Å². The number of nitrogens with one attached hydrogen (secondary N) is 3. The minimum Gasteiger partial charge on any atom is -0.481 e. The topological polar surface area (TPSA) is 252 Å². The highest BCUT2D eigenvalue weighted by Crippen LogP contribution is 2.08. The first kappa shape index (κ1) is 31.9. The molecule has 0 saturated heterocycles. The molecule has 0 heterocycles. The number of thioether (sulfide) groups is 1. The molecule has 0 aromatic heterocycles. The van der Waals surface area contributed by atoms with Crippen LogP contribution in [0, 0.1) is 5.92 Å². The number of aliphatic carboxylic acids is 2. The van der Waals surface area contributed by atoms with Crippen molar-refractivity contribution in [1.29, 1.82) is 0 Å². The smallest absolute Gasteiger partial charge is 0.326 e. The number of carboxylic acid groups (broad SMARTS) is 2. The van der Waals surface area contributed by atoms with Crippen molar-refractivity contribution >= 4 is 47.4 Å². The van der Waals surface area contributed by atoms with E-state index in [0.29, 0.717) is 18.7 Å². The molecule has 0 bridgehead atoms. The normalized spacial score (nSPS) is 14.2. The van der Waals surface area contributed by atoms with Gasteiger partial charge < -0.3 is 43.4 Å². The van der Waals surface area contributed by atoms with Crippen molar-refractivity contribution in [3.8, 4) is 0 Å². The average molecular weight is 520 g/mol. The molecule has 200 valence electrons. The Bertz CT molecular complexity index is 775. The number of carboxylic acids is 2. The van der Waals surface area contributed by atoms with Crippen LogP contribution in [0.5, 0.6) is 0 Å². The molecule has 4 atom stereocenters. The summed E-state index contributed by atoms with van der Waals surface area (Å²) >= 11 is 1.40. The first-order chi connectivity index (χ1) is 16.3. The first-order valence-corrected chi connectivity index (χ1v) is 12.3. The fourth-order valence-corrected chi connectivity index (χ4v) is 3.33. The molecule has 0 aromatic carbocycles. The molecule has 35 heavy (non-hydrogen) atoms. The number of hydrogen-bond acceptors (Lipinski definition) is 8. The van der Waals surface area contributed by atoms with Crippen molar-refractivity contribution < 1.29 is 34.2 Å². The summed E-state index contributed by atoms with van der Waals surface area (Å²) in [4.78, 5) is 64.1. The van der Waals surface area contributed by atoms with E-state index in [-0.39, 0.29) is 24.7 Å². The second-order valence-corrected chi connectivity index (χ2v) is 9.11. The molecule has 0 aromatic rings. The molecule has 14 nitrogen and oxygen atoms in total. The third-order valence-corrected chi connectivity index (χ3v) is 5.43. The van der Waals surface area contributed by atoms with Crippen LogP contribution in [-0.2, 0) is 24.0 Å². The van der Waals surface area contributed by atoms with E-state index in [1.165, 1.54) is 11.8 Å². The van der Waals surface area contributed by atoms with Gasteiger partial charge in [0.25, 0.3) is 0 Å².